The molecule has 1 saturated carbocycles. The molecule has 2 aliphatic rings. The molecule has 126 valence electrons. The molecule has 1 atom stereocenters. The van der Waals surface area contributed by atoms with Gasteiger partial charge in [-0.1, -0.05) is 18.9 Å². The fourth-order valence-electron chi connectivity index (χ4n) is 3.30. The summed E-state index contributed by atoms with van der Waals surface area (Å²) < 4.78 is 16.9. The first-order valence-corrected chi connectivity index (χ1v) is 8.40. The predicted molar refractivity (Wildman–Crippen MR) is 86.9 cm³/mol. The molecule has 0 spiro atoms. The summed E-state index contributed by atoms with van der Waals surface area (Å²) in [6.07, 6.45) is 5.40. The summed E-state index contributed by atoms with van der Waals surface area (Å²) in [4.78, 5) is 13.3. The van der Waals surface area contributed by atoms with Crippen molar-refractivity contribution in [3.05, 3.63) is 23.8 Å². The summed E-state index contributed by atoms with van der Waals surface area (Å²) in [7, 11) is 3.40. The van der Waals surface area contributed by atoms with Crippen LogP contribution in [-0.2, 0) is 4.74 Å². The van der Waals surface area contributed by atoms with Crippen LogP contribution in [0.5, 0.6) is 11.5 Å². The van der Waals surface area contributed by atoms with Gasteiger partial charge in [-0.3, -0.25) is 0 Å². The minimum atomic E-state index is -0.273. The Hall–Kier alpha value is -1.91. The van der Waals surface area contributed by atoms with Crippen LogP contribution >= 0.6 is 0 Å². The first-order chi connectivity index (χ1) is 11.2. The first-order valence-electron chi connectivity index (χ1n) is 8.40. The van der Waals surface area contributed by atoms with Crippen molar-refractivity contribution in [3.63, 3.8) is 0 Å². The van der Waals surface area contributed by atoms with E-state index < -0.39 is 0 Å². The quantitative estimate of drug-likeness (QED) is 0.829. The Morgan fingerprint density at radius 2 is 2.00 bits per heavy atom. The van der Waals surface area contributed by atoms with E-state index in [1.165, 1.54) is 25.7 Å². The lowest BCUT2D eigenvalue weighted by molar-refractivity contribution is 0.0323. The van der Waals surface area contributed by atoms with Crippen LogP contribution in [0.3, 0.4) is 0 Å². The largest absolute Gasteiger partial charge is 0.493 e. The molecule has 2 fully saturated rings. The SMILES string of the molecule is COc1ccc(C2CCN(C)C(=O)O2)cc1OCC1CCCC1. The van der Waals surface area contributed by atoms with Crippen LogP contribution in [0.15, 0.2) is 18.2 Å². The molecule has 0 aromatic heterocycles. The van der Waals surface area contributed by atoms with Crippen molar-refractivity contribution in [2.45, 2.75) is 38.2 Å². The molecule has 0 N–H and O–H groups in total. The Bertz CT molecular complexity index is 554. The number of carbonyl (C=O) groups is 1. The second-order valence-electron chi connectivity index (χ2n) is 6.45. The van der Waals surface area contributed by atoms with Gasteiger partial charge in [0.15, 0.2) is 11.5 Å². The fourth-order valence-corrected chi connectivity index (χ4v) is 3.30. The van der Waals surface area contributed by atoms with E-state index in [1.807, 2.05) is 18.2 Å². The summed E-state index contributed by atoms with van der Waals surface area (Å²) in [5.74, 6) is 2.11. The van der Waals surface area contributed by atoms with Crippen LogP contribution in [0.1, 0.15) is 43.8 Å². The number of rotatable bonds is 5. The standard InChI is InChI=1S/C18H25NO4/c1-19-10-9-15(23-18(19)20)14-7-8-16(21-2)17(11-14)22-12-13-5-3-4-6-13/h7-8,11,13,15H,3-6,9-10,12H2,1-2H3. The minimum absolute atomic E-state index is 0.210. The van der Waals surface area contributed by atoms with Crippen LogP contribution in [0.4, 0.5) is 4.79 Å². The zero-order chi connectivity index (χ0) is 16.2. The fraction of sp³-hybridized carbons (Fsp3) is 0.611. The Morgan fingerprint density at radius 3 is 2.70 bits per heavy atom. The highest BCUT2D eigenvalue weighted by atomic mass is 16.6. The average molecular weight is 319 g/mol. The highest BCUT2D eigenvalue weighted by Gasteiger charge is 2.26. The molecule has 1 aromatic carbocycles. The van der Waals surface area contributed by atoms with Gasteiger partial charge in [-0.2, -0.15) is 0 Å². The Labute approximate surface area is 137 Å². The number of nitrogens with zero attached hydrogens (tertiary/aromatic N) is 1. The van der Waals surface area contributed by atoms with Crippen molar-refractivity contribution < 1.29 is 19.0 Å². The molecule has 1 saturated heterocycles. The maximum atomic E-state index is 11.7. The van der Waals surface area contributed by atoms with Gasteiger partial charge in [0, 0.05) is 20.0 Å². The molecular weight excluding hydrogens is 294 g/mol. The normalized spacial score (nSPS) is 22.1. The average Bonchev–Trinajstić information content (AvgIpc) is 3.08. The second-order valence-corrected chi connectivity index (χ2v) is 6.45. The molecule has 0 bridgehead atoms. The zero-order valence-electron chi connectivity index (χ0n) is 13.9. The number of cyclic esters (lactones) is 1. The maximum absolute atomic E-state index is 11.7. The van der Waals surface area contributed by atoms with Gasteiger partial charge in [-0.25, -0.2) is 4.79 Å². The van der Waals surface area contributed by atoms with Gasteiger partial charge in [0.1, 0.15) is 6.10 Å². The molecule has 0 radical (unpaired) electrons. The van der Waals surface area contributed by atoms with Crippen LogP contribution in [0.25, 0.3) is 0 Å². The summed E-state index contributed by atoms with van der Waals surface area (Å²) in [5.41, 5.74) is 0.966. The van der Waals surface area contributed by atoms with Gasteiger partial charge < -0.3 is 19.1 Å². The van der Waals surface area contributed by atoms with Crippen LogP contribution in [-0.4, -0.2) is 38.3 Å². The van der Waals surface area contributed by atoms with E-state index in [0.29, 0.717) is 12.5 Å². The van der Waals surface area contributed by atoms with Crippen molar-refractivity contribution in [3.8, 4) is 11.5 Å². The van der Waals surface area contributed by atoms with E-state index in [1.54, 1.807) is 19.1 Å². The van der Waals surface area contributed by atoms with Gasteiger partial charge in [0.2, 0.25) is 0 Å². The molecular formula is C18H25NO4. The van der Waals surface area contributed by atoms with Gasteiger partial charge in [0.25, 0.3) is 0 Å². The van der Waals surface area contributed by atoms with Gasteiger partial charge in [-0.15, -0.1) is 0 Å². The highest BCUT2D eigenvalue weighted by molar-refractivity contribution is 5.68. The molecule has 1 heterocycles. The highest BCUT2D eigenvalue weighted by Crippen LogP contribution is 2.35. The smallest absolute Gasteiger partial charge is 0.410 e. The molecule has 23 heavy (non-hydrogen) atoms. The van der Waals surface area contributed by atoms with Crippen molar-refractivity contribution in [2.24, 2.45) is 5.92 Å². The number of hydrogen-bond acceptors (Lipinski definition) is 4. The monoisotopic (exact) mass is 319 g/mol. The molecule has 3 rings (SSSR count). The van der Waals surface area contributed by atoms with Crippen LogP contribution in [0.2, 0.25) is 0 Å². The number of methoxy groups -OCH3 is 1. The third-order valence-electron chi connectivity index (χ3n) is 4.79. The number of amides is 1. The summed E-state index contributed by atoms with van der Waals surface area (Å²) in [6, 6.07) is 5.80. The summed E-state index contributed by atoms with van der Waals surface area (Å²) in [5, 5.41) is 0. The molecule has 1 unspecified atom stereocenters. The lowest BCUT2D eigenvalue weighted by Gasteiger charge is -2.29. The Morgan fingerprint density at radius 1 is 1.22 bits per heavy atom. The number of carbonyl (C=O) groups excluding carboxylic acids is 1. The predicted octanol–water partition coefficient (Wildman–Crippen LogP) is 3.78. The third-order valence-corrected chi connectivity index (χ3v) is 4.79. The third kappa shape index (κ3) is 3.71. The van der Waals surface area contributed by atoms with Crippen molar-refractivity contribution >= 4 is 6.09 Å². The molecule has 1 aromatic rings. The van der Waals surface area contributed by atoms with Crippen molar-refractivity contribution in [2.75, 3.05) is 27.3 Å². The maximum Gasteiger partial charge on any atom is 0.410 e. The van der Waals surface area contributed by atoms with Crippen LogP contribution < -0.4 is 9.47 Å². The molecule has 1 aliphatic carbocycles. The van der Waals surface area contributed by atoms with E-state index in [0.717, 1.165) is 30.1 Å². The van der Waals surface area contributed by atoms with Crippen molar-refractivity contribution in [1.29, 1.82) is 0 Å². The summed E-state index contributed by atoms with van der Waals surface area (Å²) >= 11 is 0. The van der Waals surface area contributed by atoms with Gasteiger partial charge >= 0.3 is 6.09 Å². The summed E-state index contributed by atoms with van der Waals surface area (Å²) in [6.45, 7) is 1.43. The van der Waals surface area contributed by atoms with E-state index in [-0.39, 0.29) is 12.2 Å². The topological polar surface area (TPSA) is 48.0 Å². The van der Waals surface area contributed by atoms with Gasteiger partial charge in [-0.05, 0) is 36.5 Å². The van der Waals surface area contributed by atoms with E-state index in [2.05, 4.69) is 0 Å². The number of ether oxygens (including phenoxy) is 3. The second kappa shape index (κ2) is 7.11. The van der Waals surface area contributed by atoms with E-state index in [4.69, 9.17) is 14.2 Å². The molecule has 5 nitrogen and oxygen atoms in total. The minimum Gasteiger partial charge on any atom is -0.493 e. The van der Waals surface area contributed by atoms with Crippen LogP contribution in [0, 0.1) is 5.92 Å². The Kier molecular flexibility index (Phi) is 4.94. The molecule has 5 heteroatoms. The number of hydrogen-bond donors (Lipinski definition) is 0. The lowest BCUT2D eigenvalue weighted by atomic mass is 10.0. The zero-order valence-corrected chi connectivity index (χ0v) is 13.9. The molecule has 1 aliphatic heterocycles. The van der Waals surface area contributed by atoms with Crippen molar-refractivity contribution in [1.82, 2.24) is 4.90 Å². The van der Waals surface area contributed by atoms with E-state index >= 15 is 0 Å². The van der Waals surface area contributed by atoms with E-state index in [9.17, 15) is 4.79 Å². The first kappa shape index (κ1) is 16.0. The molecule has 1 amide bonds. The van der Waals surface area contributed by atoms with Gasteiger partial charge in [0.05, 0.1) is 13.7 Å². The Balaban J connectivity index is 1.71. The lowest BCUT2D eigenvalue weighted by Crippen LogP contribution is -2.35. The number of benzene rings is 1.